The first-order valence-corrected chi connectivity index (χ1v) is 25.2. The highest BCUT2D eigenvalue weighted by Gasteiger charge is 2.52. The van der Waals surface area contributed by atoms with Gasteiger partial charge in [0.1, 0.15) is 11.2 Å². The molecule has 0 radical (unpaired) electrons. The summed E-state index contributed by atoms with van der Waals surface area (Å²) in [5, 5.41) is 7.21. The zero-order valence-electron chi connectivity index (χ0n) is 38.3. The number of aromatic nitrogens is 1. The lowest BCUT2D eigenvalue weighted by Gasteiger charge is -2.32. The molecule has 14 aromatic rings. The van der Waals surface area contributed by atoms with Crippen LogP contribution in [-0.4, -0.2) is 4.57 Å². The van der Waals surface area contributed by atoms with E-state index in [0.29, 0.717) is 0 Å². The summed E-state index contributed by atoms with van der Waals surface area (Å²) in [5.74, 6) is 0. The molecule has 4 heteroatoms. The van der Waals surface area contributed by atoms with E-state index in [2.05, 4.69) is 252 Å². The third kappa shape index (κ3) is 5.21. The minimum atomic E-state index is -0.588. The maximum atomic E-state index is 7.44. The van der Waals surface area contributed by atoms with Crippen molar-refractivity contribution in [2.24, 2.45) is 0 Å². The molecule has 1 unspecified atom stereocenters. The van der Waals surface area contributed by atoms with Crippen molar-refractivity contribution in [2.45, 2.75) is 5.41 Å². The zero-order valence-corrected chi connectivity index (χ0v) is 39.1. The fraction of sp³-hybridized carbons (Fsp3) is 0.0149. The van der Waals surface area contributed by atoms with Gasteiger partial charge in [-0.2, -0.15) is 0 Å². The fourth-order valence-electron chi connectivity index (χ4n) is 12.7. The number of nitrogens with zero attached hydrogens (tertiary/aromatic N) is 2. The summed E-state index contributed by atoms with van der Waals surface area (Å²) in [6.07, 6.45) is 0. The molecule has 0 amide bonds. The van der Waals surface area contributed by atoms with Crippen molar-refractivity contribution in [1.29, 1.82) is 0 Å². The Balaban J connectivity index is 0.908. The highest BCUT2D eigenvalue weighted by Crippen LogP contribution is 2.65. The maximum Gasteiger partial charge on any atom is 0.145 e. The Morgan fingerprint density at radius 2 is 1.00 bits per heavy atom. The van der Waals surface area contributed by atoms with Gasteiger partial charge >= 0.3 is 0 Å². The van der Waals surface area contributed by atoms with Crippen LogP contribution in [0.2, 0.25) is 0 Å². The Hall–Kier alpha value is -8.96. The Morgan fingerprint density at radius 3 is 1.85 bits per heavy atom. The molecule has 1 atom stereocenters. The summed E-state index contributed by atoms with van der Waals surface area (Å²) in [6.45, 7) is 0. The van der Waals surface area contributed by atoms with Crippen LogP contribution < -0.4 is 4.90 Å². The number of benzene rings is 11. The van der Waals surface area contributed by atoms with Gasteiger partial charge in [-0.15, -0.1) is 11.3 Å². The van der Waals surface area contributed by atoms with Gasteiger partial charge in [0.2, 0.25) is 0 Å². The Kier molecular flexibility index (Phi) is 7.97. The second-order valence-corrected chi connectivity index (χ2v) is 20.1. The first kappa shape index (κ1) is 38.9. The fourth-order valence-corrected chi connectivity index (χ4v) is 14.0. The quantitative estimate of drug-likeness (QED) is 0.172. The lowest BCUT2D eigenvalue weighted by Crippen LogP contribution is -2.26. The molecule has 11 aromatic carbocycles. The van der Waals surface area contributed by atoms with Crippen molar-refractivity contribution in [3.05, 3.63) is 265 Å². The van der Waals surface area contributed by atoms with Gasteiger partial charge in [0.25, 0.3) is 0 Å². The number of hydrogen-bond acceptors (Lipinski definition) is 3. The average Bonchev–Trinajstić information content (AvgIpc) is 4.24. The van der Waals surface area contributed by atoms with E-state index < -0.39 is 5.41 Å². The van der Waals surface area contributed by atoms with E-state index >= 15 is 0 Å². The van der Waals surface area contributed by atoms with Crippen molar-refractivity contribution in [2.75, 3.05) is 4.90 Å². The number of rotatable bonds is 5. The van der Waals surface area contributed by atoms with Crippen molar-refractivity contribution >= 4 is 92.3 Å². The molecule has 2 aliphatic carbocycles. The van der Waals surface area contributed by atoms with Gasteiger partial charge in [-0.3, -0.25) is 0 Å². The van der Waals surface area contributed by atoms with Crippen LogP contribution in [0.4, 0.5) is 17.1 Å². The molecule has 71 heavy (non-hydrogen) atoms. The van der Waals surface area contributed by atoms with E-state index in [1.807, 2.05) is 11.3 Å². The standard InChI is InChI=1S/C67H40N2OS/c1-3-16-42(17-4-1)68(44-32-30-41(31-33-44)46-24-15-25-52-49-21-10-14-29-61(49)71-66(46)52)45-34-35-48-47-20-7-11-26-55(47)67(58(48)40-45)56-27-12-8-22-53(56)62-57(67)38-36-50-51-37-39-60-63(65(51)70-64(50)62)54-23-9-13-28-59(54)69(60)43-18-5-2-6-19-43/h1-40H. The Morgan fingerprint density at radius 1 is 0.380 bits per heavy atom. The van der Waals surface area contributed by atoms with Crippen molar-refractivity contribution in [1.82, 2.24) is 4.57 Å². The highest BCUT2D eigenvalue weighted by atomic mass is 32.1. The van der Waals surface area contributed by atoms with Gasteiger partial charge in [-0.05, 0) is 123 Å². The van der Waals surface area contributed by atoms with Gasteiger partial charge in [0.05, 0.1) is 21.8 Å². The van der Waals surface area contributed by atoms with E-state index in [0.717, 1.165) is 61.1 Å². The van der Waals surface area contributed by atoms with Gasteiger partial charge in [-0.25, -0.2) is 0 Å². The molecule has 3 heterocycles. The molecule has 0 saturated heterocycles. The second kappa shape index (κ2) is 14.5. The Bertz CT molecular complexity index is 4520. The van der Waals surface area contributed by atoms with Crippen LogP contribution >= 0.6 is 11.3 Å². The molecule has 3 nitrogen and oxygen atoms in total. The molecule has 0 saturated carbocycles. The average molecular weight is 921 g/mol. The smallest absolute Gasteiger partial charge is 0.145 e. The van der Waals surface area contributed by atoms with Crippen molar-refractivity contribution in [3.8, 4) is 39.1 Å². The number of para-hydroxylation sites is 3. The molecule has 2 aliphatic rings. The van der Waals surface area contributed by atoms with E-state index in [4.69, 9.17) is 4.42 Å². The Labute approximate surface area is 413 Å². The minimum Gasteiger partial charge on any atom is -0.455 e. The van der Waals surface area contributed by atoms with Crippen LogP contribution in [0.5, 0.6) is 0 Å². The number of anilines is 3. The zero-order chi connectivity index (χ0) is 46.4. The molecule has 330 valence electrons. The molecule has 1 spiro atoms. The van der Waals surface area contributed by atoms with E-state index in [9.17, 15) is 0 Å². The maximum absolute atomic E-state index is 7.44. The molecular formula is C67H40N2OS. The second-order valence-electron chi connectivity index (χ2n) is 19.1. The third-order valence-corrected chi connectivity index (χ3v) is 16.8. The topological polar surface area (TPSA) is 21.3 Å². The summed E-state index contributed by atoms with van der Waals surface area (Å²) in [5.41, 5.74) is 20.5. The first-order valence-electron chi connectivity index (χ1n) is 24.4. The molecule has 0 aliphatic heterocycles. The van der Waals surface area contributed by atoms with Crippen LogP contribution in [0.15, 0.2) is 247 Å². The van der Waals surface area contributed by atoms with Crippen LogP contribution in [-0.2, 0) is 5.41 Å². The molecule has 0 N–H and O–H groups in total. The largest absolute Gasteiger partial charge is 0.455 e. The predicted octanol–water partition coefficient (Wildman–Crippen LogP) is 18.5. The monoisotopic (exact) mass is 920 g/mol. The molecule has 16 rings (SSSR count). The predicted molar refractivity (Wildman–Crippen MR) is 297 cm³/mol. The third-order valence-electron chi connectivity index (χ3n) is 15.6. The molecule has 0 fully saturated rings. The SMILES string of the molecule is c1ccc(N(c2ccc(-c3cccc4c3sc3ccccc34)cc2)c2ccc3c(c2)C2(c4ccccc4-3)c3ccccc3-c3c2ccc2c3oc3c2ccc2c3c3ccccc3n2-c2ccccc2)cc1. The van der Waals surface area contributed by atoms with Crippen LogP contribution in [0, 0.1) is 0 Å². The van der Waals surface area contributed by atoms with Gasteiger partial charge in [0.15, 0.2) is 0 Å². The van der Waals surface area contributed by atoms with Crippen molar-refractivity contribution in [3.63, 3.8) is 0 Å². The first-order chi connectivity index (χ1) is 35.2. The number of thiophene rings is 1. The van der Waals surface area contributed by atoms with Crippen LogP contribution in [0.25, 0.3) is 103 Å². The lowest BCUT2D eigenvalue weighted by atomic mass is 9.70. The normalized spacial score (nSPS) is 14.5. The van der Waals surface area contributed by atoms with Crippen LogP contribution in [0.3, 0.4) is 0 Å². The van der Waals surface area contributed by atoms with Gasteiger partial charge in [0, 0.05) is 64.6 Å². The highest BCUT2D eigenvalue weighted by molar-refractivity contribution is 7.26. The molecular weight excluding hydrogens is 881 g/mol. The van der Waals surface area contributed by atoms with Gasteiger partial charge < -0.3 is 13.9 Å². The number of fused-ring (bicyclic) bond motifs is 21. The lowest BCUT2D eigenvalue weighted by molar-refractivity contribution is 0.673. The van der Waals surface area contributed by atoms with Crippen molar-refractivity contribution < 1.29 is 4.42 Å². The van der Waals surface area contributed by atoms with E-state index in [-0.39, 0.29) is 0 Å². The van der Waals surface area contributed by atoms with Crippen LogP contribution in [0.1, 0.15) is 22.3 Å². The molecule has 0 bridgehead atoms. The van der Waals surface area contributed by atoms with E-state index in [1.165, 1.54) is 81.2 Å². The summed E-state index contributed by atoms with van der Waals surface area (Å²) in [7, 11) is 0. The number of hydrogen-bond donors (Lipinski definition) is 0. The summed E-state index contributed by atoms with van der Waals surface area (Å²) < 4.78 is 12.5. The summed E-state index contributed by atoms with van der Waals surface area (Å²) in [6, 6.07) is 89.5. The van der Waals surface area contributed by atoms with Gasteiger partial charge in [-0.1, -0.05) is 170 Å². The molecule has 3 aromatic heterocycles. The summed E-state index contributed by atoms with van der Waals surface area (Å²) >= 11 is 1.88. The minimum absolute atomic E-state index is 0.588. The van der Waals surface area contributed by atoms with E-state index in [1.54, 1.807) is 0 Å². The summed E-state index contributed by atoms with van der Waals surface area (Å²) in [4.78, 5) is 2.42. The number of furan rings is 1.